The van der Waals surface area contributed by atoms with Crippen molar-refractivity contribution in [2.24, 2.45) is 5.73 Å². The van der Waals surface area contributed by atoms with Crippen molar-refractivity contribution >= 4 is 0 Å². The van der Waals surface area contributed by atoms with Gasteiger partial charge in [-0.15, -0.1) is 6.58 Å². The summed E-state index contributed by atoms with van der Waals surface area (Å²) in [6.45, 7) is 7.83. The van der Waals surface area contributed by atoms with Gasteiger partial charge in [0.05, 0.1) is 5.66 Å². The molecule has 0 aromatic heterocycles. The fourth-order valence-electron chi connectivity index (χ4n) is 1.50. The summed E-state index contributed by atoms with van der Waals surface area (Å²) in [6, 6.07) is 0. The lowest BCUT2D eigenvalue weighted by molar-refractivity contribution is 0.181. The Morgan fingerprint density at radius 1 is 1.80 bits per heavy atom. The minimum Gasteiger partial charge on any atom is -0.313 e. The summed E-state index contributed by atoms with van der Waals surface area (Å²) in [5.74, 6) is 0. The Labute approximate surface area is 62.7 Å². The normalized spacial score (nSPS) is 34.6. The van der Waals surface area contributed by atoms with Gasteiger partial charge in [-0.1, -0.05) is 6.08 Å². The predicted octanol–water partition coefficient (Wildman–Crippen LogP) is 0.943. The molecule has 1 saturated heterocycles. The van der Waals surface area contributed by atoms with Gasteiger partial charge in [0.2, 0.25) is 0 Å². The van der Waals surface area contributed by atoms with E-state index in [1.807, 2.05) is 6.08 Å². The molecule has 0 amide bonds. The molecule has 1 unspecified atom stereocenters. The Morgan fingerprint density at radius 3 is 2.90 bits per heavy atom. The third kappa shape index (κ3) is 1.39. The van der Waals surface area contributed by atoms with E-state index in [2.05, 4.69) is 18.4 Å². The predicted molar refractivity (Wildman–Crippen MR) is 43.6 cm³/mol. The molecule has 1 atom stereocenters. The van der Waals surface area contributed by atoms with Crippen molar-refractivity contribution in [1.82, 2.24) is 4.90 Å². The smallest absolute Gasteiger partial charge is 0.0661 e. The first-order valence-electron chi connectivity index (χ1n) is 3.81. The van der Waals surface area contributed by atoms with Crippen LogP contribution in [-0.2, 0) is 0 Å². The molecule has 58 valence electrons. The minimum atomic E-state index is -0.0752. The van der Waals surface area contributed by atoms with Gasteiger partial charge in [0.15, 0.2) is 0 Å². The first-order chi connectivity index (χ1) is 4.67. The Bertz CT molecular complexity index is 129. The molecule has 2 nitrogen and oxygen atoms in total. The first-order valence-corrected chi connectivity index (χ1v) is 3.81. The average molecular weight is 140 g/mol. The van der Waals surface area contributed by atoms with E-state index in [0.29, 0.717) is 0 Å². The maximum absolute atomic E-state index is 5.99. The summed E-state index contributed by atoms with van der Waals surface area (Å²) in [5.41, 5.74) is 5.91. The van der Waals surface area contributed by atoms with Crippen LogP contribution in [0.3, 0.4) is 0 Å². The Balaban J connectivity index is 2.50. The number of rotatable bonds is 2. The molecule has 0 saturated carbocycles. The summed E-state index contributed by atoms with van der Waals surface area (Å²) >= 11 is 0. The Hall–Kier alpha value is -0.340. The van der Waals surface area contributed by atoms with Crippen LogP contribution in [0.15, 0.2) is 12.7 Å². The highest BCUT2D eigenvalue weighted by Gasteiger charge is 2.30. The van der Waals surface area contributed by atoms with Crippen molar-refractivity contribution in [2.45, 2.75) is 25.4 Å². The van der Waals surface area contributed by atoms with Gasteiger partial charge in [-0.2, -0.15) is 0 Å². The van der Waals surface area contributed by atoms with Crippen LogP contribution in [0.25, 0.3) is 0 Å². The van der Waals surface area contributed by atoms with Crippen molar-refractivity contribution in [3.63, 3.8) is 0 Å². The summed E-state index contributed by atoms with van der Waals surface area (Å²) in [7, 11) is 0. The van der Waals surface area contributed by atoms with Gasteiger partial charge in [-0.25, -0.2) is 0 Å². The van der Waals surface area contributed by atoms with Crippen molar-refractivity contribution in [1.29, 1.82) is 0 Å². The monoisotopic (exact) mass is 140 g/mol. The average Bonchev–Trinajstić information content (AvgIpc) is 2.13. The van der Waals surface area contributed by atoms with E-state index in [9.17, 15) is 0 Å². The van der Waals surface area contributed by atoms with Crippen LogP contribution >= 0.6 is 0 Å². The standard InChI is InChI=1S/C8H16N2/c1-3-6-10-7-4-5-8(10,2)9/h3H,1,4-7,9H2,2H3. The van der Waals surface area contributed by atoms with Crippen LogP contribution in [0.2, 0.25) is 0 Å². The second-order valence-corrected chi connectivity index (χ2v) is 3.20. The Kier molecular flexibility index (Phi) is 2.11. The van der Waals surface area contributed by atoms with E-state index >= 15 is 0 Å². The molecule has 0 aliphatic carbocycles. The molecule has 10 heavy (non-hydrogen) atoms. The van der Waals surface area contributed by atoms with Gasteiger partial charge in [-0.3, -0.25) is 4.90 Å². The third-order valence-electron chi connectivity index (χ3n) is 2.18. The zero-order valence-corrected chi connectivity index (χ0v) is 6.64. The SMILES string of the molecule is C=CCN1CCCC1(C)N. The van der Waals surface area contributed by atoms with Gasteiger partial charge >= 0.3 is 0 Å². The molecular formula is C8H16N2. The van der Waals surface area contributed by atoms with Gasteiger partial charge in [0.25, 0.3) is 0 Å². The third-order valence-corrected chi connectivity index (χ3v) is 2.18. The molecule has 0 spiro atoms. The molecule has 2 heteroatoms. The number of hydrogen-bond donors (Lipinski definition) is 1. The molecule has 0 radical (unpaired) electrons. The van der Waals surface area contributed by atoms with Gasteiger partial charge in [0, 0.05) is 13.1 Å². The molecule has 1 heterocycles. The van der Waals surface area contributed by atoms with Crippen LogP contribution in [-0.4, -0.2) is 23.7 Å². The molecule has 1 rings (SSSR count). The lowest BCUT2D eigenvalue weighted by Crippen LogP contribution is -2.48. The molecule has 1 fully saturated rings. The zero-order chi connectivity index (χ0) is 7.61. The second-order valence-electron chi connectivity index (χ2n) is 3.20. The highest BCUT2D eigenvalue weighted by molar-refractivity contribution is 4.89. The van der Waals surface area contributed by atoms with E-state index in [1.165, 1.54) is 6.42 Å². The summed E-state index contributed by atoms with van der Waals surface area (Å²) < 4.78 is 0. The summed E-state index contributed by atoms with van der Waals surface area (Å²) in [4.78, 5) is 2.26. The molecule has 1 aliphatic heterocycles. The second kappa shape index (κ2) is 2.72. The molecule has 2 N–H and O–H groups in total. The summed E-state index contributed by atoms with van der Waals surface area (Å²) in [6.07, 6.45) is 4.25. The van der Waals surface area contributed by atoms with Crippen LogP contribution < -0.4 is 5.73 Å². The van der Waals surface area contributed by atoms with Gasteiger partial charge in [0.1, 0.15) is 0 Å². The number of nitrogens with zero attached hydrogens (tertiary/aromatic N) is 1. The van der Waals surface area contributed by atoms with Gasteiger partial charge < -0.3 is 5.73 Å². The number of nitrogens with two attached hydrogens (primary N) is 1. The lowest BCUT2D eigenvalue weighted by atomic mass is 10.1. The minimum absolute atomic E-state index is 0.0752. The zero-order valence-electron chi connectivity index (χ0n) is 6.64. The fourth-order valence-corrected chi connectivity index (χ4v) is 1.50. The van der Waals surface area contributed by atoms with Crippen LogP contribution in [0, 0.1) is 0 Å². The van der Waals surface area contributed by atoms with E-state index in [-0.39, 0.29) is 5.66 Å². The molecular weight excluding hydrogens is 124 g/mol. The maximum Gasteiger partial charge on any atom is 0.0661 e. The fraction of sp³-hybridized carbons (Fsp3) is 0.750. The number of likely N-dealkylation sites (tertiary alicyclic amines) is 1. The maximum atomic E-state index is 5.99. The Morgan fingerprint density at radius 2 is 2.50 bits per heavy atom. The highest BCUT2D eigenvalue weighted by atomic mass is 15.3. The molecule has 0 aromatic rings. The van der Waals surface area contributed by atoms with Crippen LogP contribution in [0.1, 0.15) is 19.8 Å². The van der Waals surface area contributed by atoms with Crippen molar-refractivity contribution < 1.29 is 0 Å². The molecule has 0 bridgehead atoms. The topological polar surface area (TPSA) is 29.3 Å². The van der Waals surface area contributed by atoms with E-state index in [0.717, 1.165) is 19.5 Å². The van der Waals surface area contributed by atoms with Crippen molar-refractivity contribution in [2.75, 3.05) is 13.1 Å². The van der Waals surface area contributed by atoms with E-state index in [1.54, 1.807) is 0 Å². The largest absolute Gasteiger partial charge is 0.313 e. The summed E-state index contributed by atoms with van der Waals surface area (Å²) in [5, 5.41) is 0. The van der Waals surface area contributed by atoms with E-state index < -0.39 is 0 Å². The van der Waals surface area contributed by atoms with Crippen molar-refractivity contribution in [3.8, 4) is 0 Å². The van der Waals surface area contributed by atoms with Crippen molar-refractivity contribution in [3.05, 3.63) is 12.7 Å². The van der Waals surface area contributed by atoms with Gasteiger partial charge in [-0.05, 0) is 19.8 Å². The number of hydrogen-bond acceptors (Lipinski definition) is 2. The van der Waals surface area contributed by atoms with Crippen LogP contribution in [0.4, 0.5) is 0 Å². The van der Waals surface area contributed by atoms with E-state index in [4.69, 9.17) is 5.73 Å². The molecule has 1 aliphatic rings. The molecule has 0 aromatic carbocycles. The van der Waals surface area contributed by atoms with Crippen LogP contribution in [0.5, 0.6) is 0 Å². The lowest BCUT2D eigenvalue weighted by Gasteiger charge is -2.29. The highest BCUT2D eigenvalue weighted by Crippen LogP contribution is 2.22. The first kappa shape index (κ1) is 7.76. The quantitative estimate of drug-likeness (QED) is 0.578.